The van der Waals surface area contributed by atoms with Crippen molar-refractivity contribution < 1.29 is 9.72 Å². The fourth-order valence-corrected chi connectivity index (χ4v) is 3.94. The van der Waals surface area contributed by atoms with Gasteiger partial charge in [0.05, 0.1) is 32.8 Å². The molecule has 0 radical (unpaired) electrons. The molecule has 31 heavy (non-hydrogen) atoms. The van der Waals surface area contributed by atoms with Crippen molar-refractivity contribution in [1.82, 2.24) is 9.55 Å². The maximum Gasteiger partial charge on any atom is 0.274 e. The summed E-state index contributed by atoms with van der Waals surface area (Å²) < 4.78 is 1.62. The summed E-state index contributed by atoms with van der Waals surface area (Å²) in [6, 6.07) is 11.7. The molecule has 1 N–H and O–H groups in total. The minimum Gasteiger partial charge on any atom is -0.325 e. The molecule has 162 valence electrons. The highest BCUT2D eigenvalue weighted by Gasteiger charge is 2.17. The van der Waals surface area contributed by atoms with Gasteiger partial charge in [-0.2, -0.15) is 0 Å². The first-order valence-electron chi connectivity index (χ1n) is 9.94. The number of amides is 1. The number of nitro groups is 1. The second-order valence-electron chi connectivity index (χ2n) is 7.59. The Morgan fingerprint density at radius 3 is 2.68 bits per heavy atom. The molecule has 1 aromatic heterocycles. The van der Waals surface area contributed by atoms with Crippen molar-refractivity contribution in [2.45, 2.75) is 38.9 Å². The lowest BCUT2D eigenvalue weighted by Crippen LogP contribution is -2.25. The molecule has 8 nitrogen and oxygen atoms in total. The van der Waals surface area contributed by atoms with Crippen LogP contribution in [0.2, 0.25) is 0 Å². The number of carbonyl (C=O) groups is 1. The number of rotatable bonds is 8. The predicted octanol–water partition coefficient (Wildman–Crippen LogP) is 4.39. The van der Waals surface area contributed by atoms with Gasteiger partial charge in [-0.25, -0.2) is 4.98 Å². The predicted molar refractivity (Wildman–Crippen MR) is 123 cm³/mol. The van der Waals surface area contributed by atoms with Gasteiger partial charge in [0.25, 0.3) is 11.2 Å². The molecule has 0 aliphatic heterocycles. The molecule has 0 aliphatic rings. The lowest BCUT2D eigenvalue weighted by molar-refractivity contribution is -0.385. The zero-order valence-electron chi connectivity index (χ0n) is 17.6. The first-order chi connectivity index (χ1) is 14.8. The Bertz CT molecular complexity index is 1190. The van der Waals surface area contributed by atoms with Crippen molar-refractivity contribution in [3.63, 3.8) is 0 Å². The van der Waals surface area contributed by atoms with E-state index in [4.69, 9.17) is 0 Å². The van der Waals surface area contributed by atoms with Crippen molar-refractivity contribution in [3.8, 4) is 0 Å². The van der Waals surface area contributed by atoms with E-state index in [1.807, 2.05) is 6.07 Å². The van der Waals surface area contributed by atoms with E-state index in [2.05, 4.69) is 24.1 Å². The van der Waals surface area contributed by atoms with Gasteiger partial charge in [0.2, 0.25) is 5.91 Å². The number of benzene rings is 2. The third kappa shape index (κ3) is 5.29. The molecule has 1 amide bonds. The zero-order valence-corrected chi connectivity index (χ0v) is 18.4. The number of fused-ring (bicyclic) bond motifs is 1. The number of thioether (sulfide) groups is 1. The topological polar surface area (TPSA) is 107 Å². The van der Waals surface area contributed by atoms with Crippen LogP contribution >= 0.6 is 11.8 Å². The quantitative estimate of drug-likeness (QED) is 0.241. The smallest absolute Gasteiger partial charge is 0.274 e. The maximum atomic E-state index is 13.0. The van der Waals surface area contributed by atoms with Crippen LogP contribution in [0.3, 0.4) is 0 Å². The molecule has 0 saturated carbocycles. The Labute approximate surface area is 183 Å². The Morgan fingerprint density at radius 2 is 1.97 bits per heavy atom. The van der Waals surface area contributed by atoms with E-state index in [1.165, 1.54) is 23.9 Å². The van der Waals surface area contributed by atoms with E-state index in [0.29, 0.717) is 39.8 Å². The van der Waals surface area contributed by atoms with E-state index < -0.39 is 4.92 Å². The van der Waals surface area contributed by atoms with Crippen molar-refractivity contribution in [3.05, 3.63) is 68.5 Å². The molecule has 0 fully saturated rings. The minimum atomic E-state index is -0.480. The molecule has 0 bridgehead atoms. The summed E-state index contributed by atoms with van der Waals surface area (Å²) in [4.78, 5) is 40.7. The summed E-state index contributed by atoms with van der Waals surface area (Å²) in [7, 11) is 0. The molecule has 3 rings (SSSR count). The van der Waals surface area contributed by atoms with Crippen LogP contribution < -0.4 is 10.9 Å². The molecule has 2 aromatic carbocycles. The Kier molecular flexibility index (Phi) is 7.06. The number of nitrogens with zero attached hydrogens (tertiary/aromatic N) is 3. The van der Waals surface area contributed by atoms with E-state index >= 15 is 0 Å². The summed E-state index contributed by atoms with van der Waals surface area (Å²) in [5.74, 6) is 0.108. The molecule has 0 aliphatic carbocycles. The van der Waals surface area contributed by atoms with Crippen LogP contribution in [0.25, 0.3) is 10.9 Å². The van der Waals surface area contributed by atoms with Gasteiger partial charge in [-0.15, -0.1) is 0 Å². The number of aromatic nitrogens is 2. The number of carbonyl (C=O) groups excluding carboxylic acids is 1. The van der Waals surface area contributed by atoms with Crippen LogP contribution in [0.15, 0.2) is 52.4 Å². The van der Waals surface area contributed by atoms with Crippen LogP contribution in [0, 0.1) is 23.0 Å². The van der Waals surface area contributed by atoms with Gasteiger partial charge in [-0.3, -0.25) is 24.3 Å². The summed E-state index contributed by atoms with van der Waals surface area (Å²) in [5, 5.41) is 14.9. The van der Waals surface area contributed by atoms with Crippen LogP contribution in [0.1, 0.15) is 25.8 Å². The average molecular weight is 441 g/mol. The first-order valence-corrected chi connectivity index (χ1v) is 10.9. The van der Waals surface area contributed by atoms with Crippen LogP contribution in [-0.2, 0) is 11.3 Å². The number of hydrogen-bond acceptors (Lipinski definition) is 6. The molecular weight excluding hydrogens is 416 g/mol. The second kappa shape index (κ2) is 9.74. The number of para-hydroxylation sites is 1. The van der Waals surface area contributed by atoms with Crippen molar-refractivity contribution in [2.24, 2.45) is 5.92 Å². The first kappa shape index (κ1) is 22.5. The van der Waals surface area contributed by atoms with Gasteiger partial charge in [0, 0.05) is 12.6 Å². The third-order valence-electron chi connectivity index (χ3n) is 4.87. The van der Waals surface area contributed by atoms with Crippen LogP contribution in [0.5, 0.6) is 0 Å². The van der Waals surface area contributed by atoms with Gasteiger partial charge in [0.1, 0.15) is 0 Å². The molecule has 0 unspecified atom stereocenters. The fourth-order valence-electron chi connectivity index (χ4n) is 3.12. The van der Waals surface area contributed by atoms with E-state index in [9.17, 15) is 19.7 Å². The molecule has 9 heteroatoms. The molecule has 0 atom stereocenters. The molecule has 0 spiro atoms. The third-order valence-corrected chi connectivity index (χ3v) is 5.84. The maximum absolute atomic E-state index is 13.0. The van der Waals surface area contributed by atoms with Crippen molar-refractivity contribution >= 4 is 39.9 Å². The van der Waals surface area contributed by atoms with Gasteiger partial charge >= 0.3 is 0 Å². The van der Waals surface area contributed by atoms with Gasteiger partial charge in [-0.1, -0.05) is 43.8 Å². The molecule has 1 heterocycles. The summed E-state index contributed by atoms with van der Waals surface area (Å²) in [6.07, 6.45) is 0.812. The van der Waals surface area contributed by atoms with Crippen LogP contribution in [-0.4, -0.2) is 26.1 Å². The van der Waals surface area contributed by atoms with E-state index in [1.54, 1.807) is 35.8 Å². The SMILES string of the molecule is Cc1c(NC(=O)CSc2nc3ccccc3c(=O)n2CCC(C)C)cccc1[N+](=O)[O-]. The van der Waals surface area contributed by atoms with E-state index in [0.717, 1.165) is 6.42 Å². The highest BCUT2D eigenvalue weighted by atomic mass is 32.2. The lowest BCUT2D eigenvalue weighted by atomic mass is 10.1. The minimum absolute atomic E-state index is 0.0224. The Morgan fingerprint density at radius 1 is 1.23 bits per heavy atom. The average Bonchev–Trinajstić information content (AvgIpc) is 2.73. The second-order valence-corrected chi connectivity index (χ2v) is 8.54. The zero-order chi connectivity index (χ0) is 22.5. The molecule has 0 saturated heterocycles. The Hall–Kier alpha value is -3.20. The standard InChI is InChI=1S/C22H24N4O4S/c1-14(2)11-12-25-21(28)16-7-4-5-8-18(16)24-22(25)31-13-20(27)23-17-9-6-10-19(15(17)3)26(29)30/h4-10,14H,11-13H2,1-3H3,(H,23,27). The monoisotopic (exact) mass is 440 g/mol. The number of anilines is 1. The fraction of sp³-hybridized carbons (Fsp3) is 0.318. The highest BCUT2D eigenvalue weighted by Crippen LogP contribution is 2.26. The van der Waals surface area contributed by atoms with Crippen LogP contribution in [0.4, 0.5) is 11.4 Å². The lowest BCUT2D eigenvalue weighted by Gasteiger charge is -2.14. The summed E-state index contributed by atoms with van der Waals surface area (Å²) in [5.41, 5.74) is 1.20. The van der Waals surface area contributed by atoms with Gasteiger partial charge < -0.3 is 5.32 Å². The summed E-state index contributed by atoms with van der Waals surface area (Å²) >= 11 is 1.18. The van der Waals surface area contributed by atoms with Crippen molar-refractivity contribution in [2.75, 3.05) is 11.1 Å². The highest BCUT2D eigenvalue weighted by molar-refractivity contribution is 7.99. The summed E-state index contributed by atoms with van der Waals surface area (Å²) in [6.45, 7) is 6.28. The van der Waals surface area contributed by atoms with E-state index in [-0.39, 0.29) is 22.9 Å². The number of hydrogen-bond donors (Lipinski definition) is 1. The molecular formula is C22H24N4O4S. The number of nitro benzene ring substituents is 1. The largest absolute Gasteiger partial charge is 0.325 e. The normalized spacial score (nSPS) is 11.1. The van der Waals surface area contributed by atoms with Gasteiger partial charge in [0.15, 0.2) is 5.16 Å². The van der Waals surface area contributed by atoms with Gasteiger partial charge in [-0.05, 0) is 37.5 Å². The van der Waals surface area contributed by atoms with Crippen molar-refractivity contribution in [1.29, 1.82) is 0 Å². The molecule has 3 aromatic rings. The number of nitrogens with one attached hydrogen (secondary N) is 1. The Balaban J connectivity index is 1.82.